The Bertz CT molecular complexity index is 122. The summed E-state index contributed by atoms with van der Waals surface area (Å²) in [6.45, 7) is 5.18. The molecule has 2 unspecified atom stereocenters. The highest BCUT2D eigenvalue weighted by Gasteiger charge is 2.25. The van der Waals surface area contributed by atoms with Crippen LogP contribution in [0.25, 0.3) is 0 Å². The predicted molar refractivity (Wildman–Crippen MR) is 48.1 cm³/mol. The summed E-state index contributed by atoms with van der Waals surface area (Å²) in [5.41, 5.74) is 0. The van der Waals surface area contributed by atoms with Crippen LogP contribution in [0, 0.1) is 0 Å². The number of aliphatic hydroxyl groups is 1. The zero-order chi connectivity index (χ0) is 8.97. The SMILES string of the molecule is CC(C)NC(CO)C1CCCO1. The molecule has 0 saturated carbocycles. The van der Waals surface area contributed by atoms with E-state index in [0.29, 0.717) is 6.04 Å². The maximum atomic E-state index is 9.09. The van der Waals surface area contributed by atoms with Crippen molar-refractivity contribution in [3.63, 3.8) is 0 Å². The van der Waals surface area contributed by atoms with Crippen molar-refractivity contribution in [1.82, 2.24) is 5.32 Å². The lowest BCUT2D eigenvalue weighted by molar-refractivity contribution is 0.0526. The van der Waals surface area contributed by atoms with Crippen LogP contribution < -0.4 is 5.32 Å². The molecule has 0 radical (unpaired) electrons. The summed E-state index contributed by atoms with van der Waals surface area (Å²) in [7, 11) is 0. The van der Waals surface area contributed by atoms with Gasteiger partial charge in [-0.2, -0.15) is 0 Å². The van der Waals surface area contributed by atoms with Crippen LogP contribution in [-0.2, 0) is 4.74 Å². The summed E-state index contributed by atoms with van der Waals surface area (Å²) >= 11 is 0. The van der Waals surface area contributed by atoms with E-state index in [9.17, 15) is 0 Å². The predicted octanol–water partition coefficient (Wildman–Crippen LogP) is 0.524. The summed E-state index contributed by atoms with van der Waals surface area (Å²) in [6, 6.07) is 0.527. The van der Waals surface area contributed by atoms with Gasteiger partial charge >= 0.3 is 0 Å². The lowest BCUT2D eigenvalue weighted by atomic mass is 10.1. The van der Waals surface area contributed by atoms with Crippen molar-refractivity contribution in [2.24, 2.45) is 0 Å². The second kappa shape index (κ2) is 4.80. The van der Waals surface area contributed by atoms with Crippen LogP contribution in [0.5, 0.6) is 0 Å². The minimum atomic E-state index is 0.118. The summed E-state index contributed by atoms with van der Waals surface area (Å²) in [4.78, 5) is 0. The Hall–Kier alpha value is -0.120. The molecule has 2 atom stereocenters. The third-order valence-electron chi connectivity index (χ3n) is 2.16. The number of hydrogen-bond donors (Lipinski definition) is 2. The quantitative estimate of drug-likeness (QED) is 0.651. The zero-order valence-electron chi connectivity index (χ0n) is 7.92. The van der Waals surface area contributed by atoms with Gasteiger partial charge in [-0.15, -0.1) is 0 Å². The van der Waals surface area contributed by atoms with Crippen molar-refractivity contribution in [3.8, 4) is 0 Å². The van der Waals surface area contributed by atoms with E-state index in [4.69, 9.17) is 9.84 Å². The summed E-state index contributed by atoms with van der Waals surface area (Å²) in [5, 5.41) is 12.4. The van der Waals surface area contributed by atoms with E-state index in [0.717, 1.165) is 19.4 Å². The second-order valence-electron chi connectivity index (χ2n) is 3.66. The fourth-order valence-corrected chi connectivity index (χ4v) is 1.63. The molecule has 0 aromatic rings. The Morgan fingerprint density at radius 3 is 2.75 bits per heavy atom. The van der Waals surface area contributed by atoms with Crippen LogP contribution in [0.4, 0.5) is 0 Å². The van der Waals surface area contributed by atoms with Gasteiger partial charge in [0.25, 0.3) is 0 Å². The van der Waals surface area contributed by atoms with E-state index in [1.54, 1.807) is 0 Å². The lowest BCUT2D eigenvalue weighted by Crippen LogP contribution is -2.45. The minimum Gasteiger partial charge on any atom is -0.395 e. The van der Waals surface area contributed by atoms with Gasteiger partial charge in [0.1, 0.15) is 0 Å². The molecule has 0 aromatic carbocycles. The second-order valence-corrected chi connectivity index (χ2v) is 3.66. The summed E-state index contributed by atoms with van der Waals surface area (Å²) < 4.78 is 5.48. The van der Waals surface area contributed by atoms with Crippen LogP contribution in [-0.4, -0.2) is 36.5 Å². The van der Waals surface area contributed by atoms with Crippen LogP contribution in [0.3, 0.4) is 0 Å². The van der Waals surface area contributed by atoms with Gasteiger partial charge in [0.15, 0.2) is 0 Å². The van der Waals surface area contributed by atoms with E-state index in [1.807, 2.05) is 0 Å². The van der Waals surface area contributed by atoms with E-state index in [1.165, 1.54) is 0 Å². The standard InChI is InChI=1S/C9H19NO2/c1-7(2)10-8(6-11)9-4-3-5-12-9/h7-11H,3-6H2,1-2H3. The van der Waals surface area contributed by atoms with Gasteiger partial charge in [-0.1, -0.05) is 13.8 Å². The number of rotatable bonds is 4. The number of nitrogens with one attached hydrogen (secondary N) is 1. The molecule has 0 amide bonds. The molecule has 1 saturated heterocycles. The van der Waals surface area contributed by atoms with Gasteiger partial charge in [0.05, 0.1) is 18.8 Å². The first-order chi connectivity index (χ1) is 5.74. The number of ether oxygens (including phenoxy) is 1. The first kappa shape index (κ1) is 9.96. The average molecular weight is 173 g/mol. The number of aliphatic hydroxyl groups excluding tert-OH is 1. The highest BCUT2D eigenvalue weighted by Crippen LogP contribution is 2.15. The molecule has 0 bridgehead atoms. The third-order valence-corrected chi connectivity index (χ3v) is 2.16. The van der Waals surface area contributed by atoms with Gasteiger partial charge in [-0.3, -0.25) is 0 Å². The van der Waals surface area contributed by atoms with Crippen LogP contribution in [0.1, 0.15) is 26.7 Å². The summed E-state index contributed by atoms with van der Waals surface area (Å²) in [5.74, 6) is 0. The summed E-state index contributed by atoms with van der Waals surface area (Å²) in [6.07, 6.45) is 2.42. The van der Waals surface area contributed by atoms with Gasteiger partial charge in [0, 0.05) is 12.6 Å². The van der Waals surface area contributed by atoms with Crippen LogP contribution in [0.15, 0.2) is 0 Å². The van der Waals surface area contributed by atoms with E-state index in [2.05, 4.69) is 19.2 Å². The van der Waals surface area contributed by atoms with Crippen molar-refractivity contribution in [1.29, 1.82) is 0 Å². The fourth-order valence-electron chi connectivity index (χ4n) is 1.63. The Balaban J connectivity index is 2.32. The minimum absolute atomic E-state index is 0.118. The van der Waals surface area contributed by atoms with Crippen molar-refractivity contribution >= 4 is 0 Å². The third kappa shape index (κ3) is 2.73. The zero-order valence-corrected chi connectivity index (χ0v) is 7.92. The van der Waals surface area contributed by atoms with Crippen LogP contribution in [0.2, 0.25) is 0 Å². The Labute approximate surface area is 74.1 Å². The van der Waals surface area contributed by atoms with E-state index >= 15 is 0 Å². The van der Waals surface area contributed by atoms with Gasteiger partial charge in [-0.05, 0) is 12.8 Å². The van der Waals surface area contributed by atoms with E-state index < -0.39 is 0 Å². The Kier molecular flexibility index (Phi) is 3.98. The maximum Gasteiger partial charge on any atom is 0.0751 e. The molecule has 0 aliphatic carbocycles. The Morgan fingerprint density at radius 2 is 2.33 bits per heavy atom. The fraction of sp³-hybridized carbons (Fsp3) is 1.00. The van der Waals surface area contributed by atoms with Gasteiger partial charge in [-0.25, -0.2) is 0 Å². The molecule has 1 fully saturated rings. The largest absolute Gasteiger partial charge is 0.395 e. The van der Waals surface area contributed by atoms with Gasteiger partial charge < -0.3 is 15.2 Å². The molecule has 12 heavy (non-hydrogen) atoms. The maximum absolute atomic E-state index is 9.09. The smallest absolute Gasteiger partial charge is 0.0751 e. The molecule has 2 N–H and O–H groups in total. The average Bonchev–Trinajstić information content (AvgIpc) is 2.51. The highest BCUT2D eigenvalue weighted by molar-refractivity contribution is 4.80. The molecule has 72 valence electrons. The molecule has 0 aromatic heterocycles. The van der Waals surface area contributed by atoms with E-state index in [-0.39, 0.29) is 18.8 Å². The molecular formula is C9H19NO2. The molecule has 1 rings (SSSR count). The van der Waals surface area contributed by atoms with Crippen molar-refractivity contribution in [3.05, 3.63) is 0 Å². The first-order valence-electron chi connectivity index (χ1n) is 4.72. The lowest BCUT2D eigenvalue weighted by Gasteiger charge is -2.24. The van der Waals surface area contributed by atoms with Gasteiger partial charge in [0.2, 0.25) is 0 Å². The van der Waals surface area contributed by atoms with Crippen molar-refractivity contribution in [2.45, 2.75) is 44.9 Å². The molecule has 1 heterocycles. The normalized spacial score (nSPS) is 26.5. The number of hydrogen-bond acceptors (Lipinski definition) is 3. The monoisotopic (exact) mass is 173 g/mol. The topological polar surface area (TPSA) is 41.5 Å². The highest BCUT2D eigenvalue weighted by atomic mass is 16.5. The molecular weight excluding hydrogens is 154 g/mol. The van der Waals surface area contributed by atoms with Crippen molar-refractivity contribution < 1.29 is 9.84 Å². The molecule has 3 nitrogen and oxygen atoms in total. The van der Waals surface area contributed by atoms with Crippen LogP contribution >= 0.6 is 0 Å². The Morgan fingerprint density at radius 1 is 1.58 bits per heavy atom. The van der Waals surface area contributed by atoms with Crippen molar-refractivity contribution in [2.75, 3.05) is 13.2 Å². The molecule has 1 aliphatic rings. The molecule has 0 spiro atoms. The molecule has 3 heteroatoms. The first-order valence-corrected chi connectivity index (χ1v) is 4.72. The molecule has 1 aliphatic heterocycles.